The van der Waals surface area contributed by atoms with Crippen molar-refractivity contribution >= 4 is 22.2 Å². The molecule has 0 bridgehead atoms. The van der Waals surface area contributed by atoms with Crippen molar-refractivity contribution < 1.29 is 4.74 Å². The monoisotopic (exact) mass is 311 g/mol. The highest BCUT2D eigenvalue weighted by Crippen LogP contribution is 2.25. The Bertz CT molecular complexity index is 710. The molecule has 0 aliphatic rings. The third-order valence-corrected chi connectivity index (χ3v) is 3.80. The summed E-state index contributed by atoms with van der Waals surface area (Å²) < 4.78 is 5.77. The number of hydrogen-bond donors (Lipinski definition) is 2. The van der Waals surface area contributed by atoms with E-state index in [1.807, 2.05) is 67.0 Å². The van der Waals surface area contributed by atoms with Crippen molar-refractivity contribution in [3.8, 4) is 11.5 Å². The van der Waals surface area contributed by atoms with E-state index in [1.54, 1.807) is 11.3 Å². The molecule has 22 heavy (non-hydrogen) atoms. The van der Waals surface area contributed by atoms with Crippen LogP contribution < -0.4 is 15.4 Å². The van der Waals surface area contributed by atoms with E-state index in [9.17, 15) is 0 Å². The van der Waals surface area contributed by atoms with Gasteiger partial charge < -0.3 is 15.4 Å². The molecule has 0 unspecified atom stereocenters. The first-order valence-electron chi connectivity index (χ1n) is 7.02. The number of nitrogens with zero attached hydrogens (tertiary/aromatic N) is 1. The van der Waals surface area contributed by atoms with Gasteiger partial charge >= 0.3 is 0 Å². The predicted molar refractivity (Wildman–Crippen MR) is 91.1 cm³/mol. The fourth-order valence-corrected chi connectivity index (χ4v) is 2.71. The smallest absolute Gasteiger partial charge is 0.187 e. The molecular formula is C17H17N3OS. The van der Waals surface area contributed by atoms with Gasteiger partial charge in [-0.05, 0) is 43.4 Å². The Labute approximate surface area is 133 Å². The minimum atomic E-state index is 0.780. The van der Waals surface area contributed by atoms with Crippen LogP contribution in [0.2, 0.25) is 0 Å². The Morgan fingerprint density at radius 3 is 2.45 bits per heavy atom. The molecule has 5 heteroatoms. The summed E-state index contributed by atoms with van der Waals surface area (Å²) in [6, 6.07) is 17.6. The van der Waals surface area contributed by atoms with E-state index < -0.39 is 0 Å². The molecule has 0 spiro atoms. The van der Waals surface area contributed by atoms with Gasteiger partial charge in [-0.2, -0.15) is 0 Å². The minimum absolute atomic E-state index is 0.780. The lowest BCUT2D eigenvalue weighted by Crippen LogP contribution is -2.05. The third-order valence-electron chi connectivity index (χ3n) is 2.99. The average Bonchev–Trinajstić information content (AvgIpc) is 2.98. The molecule has 0 radical (unpaired) electrons. The van der Waals surface area contributed by atoms with Crippen LogP contribution in [0.15, 0.2) is 60.0 Å². The second-order valence-corrected chi connectivity index (χ2v) is 5.60. The summed E-state index contributed by atoms with van der Waals surface area (Å²) in [6.07, 6.45) is 0. The predicted octanol–water partition coefficient (Wildman–Crippen LogP) is 4.40. The minimum Gasteiger partial charge on any atom is -0.457 e. The highest BCUT2D eigenvalue weighted by Gasteiger charge is 2.02. The number of rotatable bonds is 6. The van der Waals surface area contributed by atoms with Crippen molar-refractivity contribution in [3.63, 3.8) is 0 Å². The molecule has 3 aromatic rings. The number of nitrogens with one attached hydrogen (secondary N) is 2. The first-order valence-corrected chi connectivity index (χ1v) is 7.90. The zero-order valence-electron chi connectivity index (χ0n) is 12.2. The number of thiazole rings is 1. The molecule has 0 atom stereocenters. The van der Waals surface area contributed by atoms with Gasteiger partial charge in [0.1, 0.15) is 11.5 Å². The summed E-state index contributed by atoms with van der Waals surface area (Å²) in [6.45, 7) is 0.780. The maximum absolute atomic E-state index is 5.77. The maximum atomic E-state index is 5.77. The molecule has 0 aliphatic carbocycles. The van der Waals surface area contributed by atoms with Crippen LogP contribution in [0.3, 0.4) is 0 Å². The normalized spacial score (nSPS) is 10.4. The van der Waals surface area contributed by atoms with Gasteiger partial charge in [-0.1, -0.05) is 18.2 Å². The summed E-state index contributed by atoms with van der Waals surface area (Å²) in [7, 11) is 1.91. The van der Waals surface area contributed by atoms with Gasteiger partial charge in [0, 0.05) is 17.6 Å². The van der Waals surface area contributed by atoms with Crippen LogP contribution in [0, 0.1) is 0 Å². The molecule has 1 heterocycles. The Kier molecular flexibility index (Phi) is 4.68. The van der Waals surface area contributed by atoms with E-state index in [-0.39, 0.29) is 0 Å². The Balaban J connectivity index is 1.63. The van der Waals surface area contributed by atoms with Crippen LogP contribution in [-0.2, 0) is 6.54 Å². The van der Waals surface area contributed by atoms with Gasteiger partial charge in [0.25, 0.3) is 0 Å². The molecule has 1 aromatic heterocycles. The van der Waals surface area contributed by atoms with Gasteiger partial charge in [0.05, 0.1) is 5.69 Å². The fraction of sp³-hybridized carbons (Fsp3) is 0.118. The van der Waals surface area contributed by atoms with E-state index >= 15 is 0 Å². The van der Waals surface area contributed by atoms with Crippen molar-refractivity contribution in [1.29, 1.82) is 0 Å². The Hall–Kier alpha value is -2.37. The zero-order valence-corrected chi connectivity index (χ0v) is 13.1. The van der Waals surface area contributed by atoms with Gasteiger partial charge in [-0.3, -0.25) is 0 Å². The van der Waals surface area contributed by atoms with Crippen molar-refractivity contribution in [2.45, 2.75) is 6.54 Å². The topological polar surface area (TPSA) is 46.2 Å². The number of hydrogen-bond acceptors (Lipinski definition) is 5. The highest BCUT2D eigenvalue weighted by molar-refractivity contribution is 7.13. The SMILES string of the molecule is CNCc1csc(Nc2ccc(Oc3ccccc3)cc2)n1. The lowest BCUT2D eigenvalue weighted by atomic mass is 10.3. The molecule has 0 amide bonds. The molecule has 2 N–H and O–H groups in total. The van der Waals surface area contributed by atoms with Gasteiger partial charge in [0.2, 0.25) is 0 Å². The van der Waals surface area contributed by atoms with Crippen LogP contribution >= 0.6 is 11.3 Å². The number of ether oxygens (including phenoxy) is 1. The summed E-state index contributed by atoms with van der Waals surface area (Å²) in [5.74, 6) is 1.65. The average molecular weight is 311 g/mol. The van der Waals surface area contributed by atoms with Crippen molar-refractivity contribution in [2.24, 2.45) is 0 Å². The number of anilines is 2. The second-order valence-electron chi connectivity index (χ2n) is 4.74. The highest BCUT2D eigenvalue weighted by atomic mass is 32.1. The lowest BCUT2D eigenvalue weighted by Gasteiger charge is -2.07. The maximum Gasteiger partial charge on any atom is 0.187 e. The molecule has 112 valence electrons. The van der Waals surface area contributed by atoms with Gasteiger partial charge in [-0.25, -0.2) is 4.98 Å². The molecule has 0 fully saturated rings. The Morgan fingerprint density at radius 1 is 1.00 bits per heavy atom. The molecule has 0 aliphatic heterocycles. The molecule has 4 nitrogen and oxygen atoms in total. The summed E-state index contributed by atoms with van der Waals surface area (Å²) in [5.41, 5.74) is 2.03. The number of benzene rings is 2. The van der Waals surface area contributed by atoms with Crippen LogP contribution in [0.25, 0.3) is 0 Å². The molecule has 2 aromatic carbocycles. The van der Waals surface area contributed by atoms with Crippen molar-refractivity contribution in [1.82, 2.24) is 10.3 Å². The van der Waals surface area contributed by atoms with E-state index in [0.717, 1.165) is 34.6 Å². The summed E-state index contributed by atoms with van der Waals surface area (Å²) in [4.78, 5) is 4.50. The van der Waals surface area contributed by atoms with Crippen LogP contribution in [0.1, 0.15) is 5.69 Å². The quantitative estimate of drug-likeness (QED) is 0.708. The van der Waals surface area contributed by atoms with Gasteiger partial charge in [0.15, 0.2) is 5.13 Å². The second kappa shape index (κ2) is 7.06. The van der Waals surface area contributed by atoms with Crippen molar-refractivity contribution in [2.75, 3.05) is 12.4 Å². The van der Waals surface area contributed by atoms with Gasteiger partial charge in [-0.15, -0.1) is 11.3 Å². The fourth-order valence-electron chi connectivity index (χ4n) is 1.98. The summed E-state index contributed by atoms with van der Waals surface area (Å²) >= 11 is 1.60. The van der Waals surface area contributed by atoms with E-state index in [1.165, 1.54) is 0 Å². The third kappa shape index (κ3) is 3.84. The zero-order chi connectivity index (χ0) is 15.2. The van der Waals surface area contributed by atoms with E-state index in [0.29, 0.717) is 0 Å². The van der Waals surface area contributed by atoms with Crippen LogP contribution in [-0.4, -0.2) is 12.0 Å². The number of aromatic nitrogens is 1. The Morgan fingerprint density at radius 2 is 1.73 bits per heavy atom. The van der Waals surface area contributed by atoms with E-state index in [4.69, 9.17) is 4.74 Å². The van der Waals surface area contributed by atoms with E-state index in [2.05, 4.69) is 15.6 Å². The largest absolute Gasteiger partial charge is 0.457 e. The first-order chi connectivity index (χ1) is 10.8. The standard InChI is InChI=1S/C17H17N3OS/c1-18-11-14-12-22-17(20-14)19-13-7-9-16(10-8-13)21-15-5-3-2-4-6-15/h2-10,12,18H,11H2,1H3,(H,19,20). The first kappa shape index (κ1) is 14.6. The van der Waals surface area contributed by atoms with Crippen molar-refractivity contribution in [3.05, 3.63) is 65.7 Å². The molecule has 0 saturated carbocycles. The number of para-hydroxylation sites is 1. The van der Waals surface area contributed by atoms with Crippen LogP contribution in [0.4, 0.5) is 10.8 Å². The summed E-state index contributed by atoms with van der Waals surface area (Å²) in [5, 5.41) is 9.33. The van der Waals surface area contributed by atoms with Crippen LogP contribution in [0.5, 0.6) is 11.5 Å². The molecule has 3 rings (SSSR count). The molecule has 0 saturated heterocycles. The lowest BCUT2D eigenvalue weighted by molar-refractivity contribution is 0.483. The molecular weight excluding hydrogens is 294 g/mol.